The highest BCUT2D eigenvalue weighted by atomic mass is 35.5. The molecule has 0 aliphatic rings. The van der Waals surface area contributed by atoms with E-state index in [0.29, 0.717) is 37.7 Å². The summed E-state index contributed by atoms with van der Waals surface area (Å²) < 4.78 is 32.3. The molecule has 0 saturated heterocycles. The lowest BCUT2D eigenvalue weighted by atomic mass is 10.00. The third-order valence-corrected chi connectivity index (χ3v) is 12.2. The predicted octanol–water partition coefficient (Wildman–Crippen LogP) is 15.8. The van der Waals surface area contributed by atoms with Crippen LogP contribution in [-0.4, -0.2) is 54.3 Å². The maximum Gasteiger partial charge on any atom is 0.514 e. The fourth-order valence-electron chi connectivity index (χ4n) is 7.47. The molecule has 0 heterocycles. The van der Waals surface area contributed by atoms with Crippen LogP contribution in [0, 0.1) is 16.0 Å². The summed E-state index contributed by atoms with van der Waals surface area (Å²) in [4.78, 5) is 73.5. The number of nitrogens with zero attached hydrogens (tertiary/aromatic N) is 1. The topological polar surface area (TPSA) is 184 Å². The first kappa shape index (κ1) is 63.2. The molecule has 0 spiro atoms. The number of benzene rings is 2. The molecule has 2 rings (SSSR count). The van der Waals surface area contributed by atoms with Gasteiger partial charge in [0.15, 0.2) is 11.9 Å². The molecule has 2 atom stereocenters. The Morgan fingerprint density at radius 3 is 1.54 bits per heavy atom. The van der Waals surface area contributed by atoms with E-state index in [0.717, 1.165) is 64.2 Å². The number of nitro benzene ring substituents is 1. The molecular formula is C56H81Cl2NO13. The minimum absolute atomic E-state index is 0.0176. The smallest absolute Gasteiger partial charge is 0.462 e. The van der Waals surface area contributed by atoms with Gasteiger partial charge in [0, 0.05) is 37.8 Å². The number of carbonyl (C=O) groups excluding carboxylic acids is 5. The van der Waals surface area contributed by atoms with Gasteiger partial charge in [0.05, 0.1) is 15.0 Å². The van der Waals surface area contributed by atoms with Gasteiger partial charge in [0.25, 0.3) is 5.69 Å². The van der Waals surface area contributed by atoms with Crippen LogP contribution in [0.4, 0.5) is 10.5 Å². The van der Waals surface area contributed by atoms with Crippen LogP contribution < -0.4 is 9.47 Å². The van der Waals surface area contributed by atoms with Gasteiger partial charge in [-0.2, -0.15) is 0 Å². The van der Waals surface area contributed by atoms with Crippen molar-refractivity contribution in [3.63, 3.8) is 0 Å². The van der Waals surface area contributed by atoms with Gasteiger partial charge in [0.1, 0.15) is 25.6 Å². The molecule has 0 bridgehead atoms. The van der Waals surface area contributed by atoms with Gasteiger partial charge in [-0.15, -0.1) is 0 Å². The van der Waals surface area contributed by atoms with Crippen molar-refractivity contribution in [2.45, 2.75) is 207 Å². The maximum absolute atomic E-state index is 13.1. The molecule has 0 saturated carbocycles. The number of carbonyl (C=O) groups is 5. The van der Waals surface area contributed by atoms with Crippen molar-refractivity contribution < 1.29 is 57.3 Å². The number of nitro groups is 1. The van der Waals surface area contributed by atoms with Crippen molar-refractivity contribution in [2.75, 3.05) is 13.2 Å². The van der Waals surface area contributed by atoms with Crippen LogP contribution in [0.25, 0.3) is 0 Å². The molecule has 2 aromatic rings. The van der Waals surface area contributed by atoms with Gasteiger partial charge in [-0.1, -0.05) is 158 Å². The molecule has 0 amide bonds. The highest BCUT2D eigenvalue weighted by Gasteiger charge is 2.22. The van der Waals surface area contributed by atoms with E-state index < -0.39 is 29.1 Å². The van der Waals surface area contributed by atoms with E-state index in [1.807, 2.05) is 6.92 Å². The quantitative estimate of drug-likeness (QED) is 0.00896. The zero-order valence-corrected chi connectivity index (χ0v) is 44.7. The Hall–Kier alpha value is -4.95. The van der Waals surface area contributed by atoms with Crippen LogP contribution in [0.3, 0.4) is 0 Å². The molecule has 0 aliphatic heterocycles. The Labute approximate surface area is 438 Å². The first-order valence-electron chi connectivity index (χ1n) is 26.4. The van der Waals surface area contributed by atoms with E-state index >= 15 is 0 Å². The normalized spacial score (nSPS) is 12.1. The first-order chi connectivity index (χ1) is 34.8. The van der Waals surface area contributed by atoms with E-state index in [-0.39, 0.29) is 90.6 Å². The summed E-state index contributed by atoms with van der Waals surface area (Å²) in [5.74, 6) is -1.94. The van der Waals surface area contributed by atoms with E-state index in [4.69, 9.17) is 51.6 Å². The number of unbranched alkanes of at least 4 members (excludes halogenated alkanes) is 17. The number of rotatable bonds is 41. The zero-order chi connectivity index (χ0) is 52.6. The molecule has 14 nitrogen and oxygen atoms in total. The third-order valence-electron chi connectivity index (χ3n) is 11.7. The summed E-state index contributed by atoms with van der Waals surface area (Å²) in [7, 11) is 0. The van der Waals surface area contributed by atoms with Crippen molar-refractivity contribution in [1.82, 2.24) is 0 Å². The van der Waals surface area contributed by atoms with Crippen LogP contribution in [-0.2, 0) is 44.7 Å². The van der Waals surface area contributed by atoms with Crippen molar-refractivity contribution in [3.05, 3.63) is 86.4 Å². The van der Waals surface area contributed by atoms with Crippen molar-refractivity contribution >= 4 is 58.9 Å². The van der Waals surface area contributed by atoms with Crippen molar-refractivity contribution in [3.8, 4) is 11.5 Å². The standard InChI is InChI=1S/C56H81Cl2NO13/c1-4-6-8-10-12-14-16-17-19-21-23-25-27-32-52(61)68-43-48(42-67-51(60)31-26-24-22-20-18-15-13-11-9-7-5-2)70-54(63)38-44(3)30-28-29-33-53(62)72-55-49(57)39-45(40-50(55)58)41-69-56(64)71-47-36-34-46(35-37-47)59(65)66/h10-13,34-37,39-40,44,48H,4-9,14-33,38,41-43H2,1-3H3/b12-10-,13-11-. The van der Waals surface area contributed by atoms with Gasteiger partial charge < -0.3 is 28.4 Å². The Morgan fingerprint density at radius 2 is 1.04 bits per heavy atom. The Morgan fingerprint density at radius 1 is 0.583 bits per heavy atom. The molecule has 0 N–H and O–H groups in total. The number of hydrogen-bond acceptors (Lipinski definition) is 13. The summed E-state index contributed by atoms with van der Waals surface area (Å²) in [5.41, 5.74) is 0.224. The van der Waals surface area contributed by atoms with Gasteiger partial charge >= 0.3 is 30.0 Å². The Kier molecular flexibility index (Phi) is 35.6. The number of allylic oxidation sites excluding steroid dienone is 4. The summed E-state index contributed by atoms with van der Waals surface area (Å²) in [5, 5.41) is 10.9. The van der Waals surface area contributed by atoms with Gasteiger partial charge in [-0.3, -0.25) is 29.3 Å². The fourth-order valence-corrected chi connectivity index (χ4v) is 8.08. The molecule has 2 aromatic carbocycles. The van der Waals surface area contributed by atoms with E-state index in [1.54, 1.807) is 0 Å². The highest BCUT2D eigenvalue weighted by molar-refractivity contribution is 6.37. The van der Waals surface area contributed by atoms with Gasteiger partial charge in [0.2, 0.25) is 0 Å². The van der Waals surface area contributed by atoms with Crippen molar-refractivity contribution in [2.24, 2.45) is 5.92 Å². The lowest BCUT2D eigenvalue weighted by molar-refractivity contribution is -0.384. The summed E-state index contributed by atoms with van der Waals surface area (Å²) in [6, 6.07) is 7.73. The van der Waals surface area contributed by atoms with Crippen LogP contribution in [0.5, 0.6) is 11.5 Å². The molecular weight excluding hydrogens is 966 g/mol. The third kappa shape index (κ3) is 32.2. The highest BCUT2D eigenvalue weighted by Crippen LogP contribution is 2.35. The summed E-state index contributed by atoms with van der Waals surface area (Å²) in [6.07, 6.45) is 31.2. The van der Waals surface area contributed by atoms with Crippen LogP contribution in [0.2, 0.25) is 10.0 Å². The molecule has 0 aromatic heterocycles. The maximum atomic E-state index is 13.1. The van der Waals surface area contributed by atoms with E-state index in [9.17, 15) is 34.1 Å². The van der Waals surface area contributed by atoms with Gasteiger partial charge in [-0.25, -0.2) is 4.79 Å². The lowest BCUT2D eigenvalue weighted by Gasteiger charge is -2.19. The second-order valence-electron chi connectivity index (χ2n) is 18.3. The minimum Gasteiger partial charge on any atom is -0.462 e. The van der Waals surface area contributed by atoms with E-state index in [2.05, 4.69) is 38.2 Å². The van der Waals surface area contributed by atoms with Crippen molar-refractivity contribution in [1.29, 1.82) is 0 Å². The molecule has 0 fully saturated rings. The number of non-ortho nitro benzene ring substituents is 1. The number of hydrogen-bond donors (Lipinski definition) is 0. The Balaban J connectivity index is 1.76. The largest absolute Gasteiger partial charge is 0.514 e. The Bertz CT molecular complexity index is 1910. The molecule has 0 radical (unpaired) electrons. The van der Waals surface area contributed by atoms with Crippen LogP contribution in [0.1, 0.15) is 200 Å². The first-order valence-corrected chi connectivity index (χ1v) is 27.1. The second kappa shape index (κ2) is 40.5. The molecule has 0 aliphatic carbocycles. The minimum atomic E-state index is -1.06. The average molecular weight is 1050 g/mol. The molecule has 72 heavy (non-hydrogen) atoms. The average Bonchev–Trinajstić information content (AvgIpc) is 3.35. The fraction of sp³-hybridized carbons (Fsp3) is 0.625. The van der Waals surface area contributed by atoms with Crippen LogP contribution in [0.15, 0.2) is 60.7 Å². The summed E-state index contributed by atoms with van der Waals surface area (Å²) >= 11 is 12.7. The zero-order valence-electron chi connectivity index (χ0n) is 43.2. The van der Waals surface area contributed by atoms with Gasteiger partial charge in [-0.05, 0) is 93.5 Å². The van der Waals surface area contributed by atoms with Crippen LogP contribution >= 0.6 is 23.2 Å². The second-order valence-corrected chi connectivity index (χ2v) is 19.1. The van der Waals surface area contributed by atoms with E-state index in [1.165, 1.54) is 87.8 Å². The molecule has 402 valence electrons. The SMILES string of the molecule is CCCC/C=C\CCCCCCCCCC(=O)OCC(COC(=O)CCCCCCC/C=C\CCCC)OC(=O)CC(C)CCCCC(=O)Oc1c(Cl)cc(COC(=O)Oc2ccc([N+](=O)[O-])cc2)cc1Cl. The predicted molar refractivity (Wildman–Crippen MR) is 281 cm³/mol. The number of halogens is 2. The molecule has 16 heteroatoms. The lowest BCUT2D eigenvalue weighted by Crippen LogP contribution is -2.31. The number of ether oxygens (including phenoxy) is 6. The summed E-state index contributed by atoms with van der Waals surface area (Å²) in [6.45, 7) is 5.60. The number of esters is 4. The monoisotopic (exact) mass is 1050 g/mol. The molecule has 2 unspecified atom stereocenters.